The quantitative estimate of drug-likeness (QED) is 0.695. The Bertz CT molecular complexity index is 1060. The molecule has 1 saturated heterocycles. The van der Waals surface area contributed by atoms with Crippen LogP contribution in [0.2, 0.25) is 0 Å². The summed E-state index contributed by atoms with van der Waals surface area (Å²) in [7, 11) is -1.47. The lowest BCUT2D eigenvalue weighted by atomic mass is 10.1. The predicted octanol–water partition coefficient (Wildman–Crippen LogP) is 2.93. The van der Waals surface area contributed by atoms with Gasteiger partial charge in [0.15, 0.2) is 0 Å². The fraction of sp³-hybridized carbons (Fsp3) is 0.333. The topological polar surface area (TPSA) is 45.6 Å². The number of benzene rings is 2. The van der Waals surface area contributed by atoms with E-state index in [1.165, 1.54) is 9.54 Å². The summed E-state index contributed by atoms with van der Waals surface area (Å²) in [5, 5.41) is 1.01. The first kappa shape index (κ1) is 18.2. The van der Waals surface area contributed by atoms with Gasteiger partial charge in [-0.2, -0.15) is 0 Å². The molecule has 4 rings (SSSR count). The molecule has 2 heterocycles. The highest BCUT2D eigenvalue weighted by Crippen LogP contribution is 2.27. The summed E-state index contributed by atoms with van der Waals surface area (Å²) in [4.78, 5) is 5.12. The third kappa shape index (κ3) is 3.40. The van der Waals surface area contributed by atoms with E-state index in [4.69, 9.17) is 0 Å². The van der Waals surface area contributed by atoms with Crippen molar-refractivity contribution in [3.8, 4) is 0 Å². The van der Waals surface area contributed by atoms with Crippen molar-refractivity contribution in [2.24, 2.45) is 0 Å². The molecule has 1 aromatic heterocycles. The van der Waals surface area contributed by atoms with Crippen molar-refractivity contribution in [1.82, 2.24) is 13.8 Å². The molecular weight excluding hydrogens is 358 g/mol. The monoisotopic (exact) mass is 383 g/mol. The average Bonchev–Trinajstić information content (AvgIpc) is 3.10. The zero-order valence-corrected chi connectivity index (χ0v) is 16.6. The van der Waals surface area contributed by atoms with Gasteiger partial charge in [0.05, 0.1) is 10.4 Å². The summed E-state index contributed by atoms with van der Waals surface area (Å²) in [5.74, 6) is 0. The second-order valence-corrected chi connectivity index (χ2v) is 9.09. The molecule has 6 heteroatoms. The molecule has 27 heavy (non-hydrogen) atoms. The van der Waals surface area contributed by atoms with Gasteiger partial charge in [-0.25, -0.2) is 12.4 Å². The van der Waals surface area contributed by atoms with Crippen LogP contribution in [0.5, 0.6) is 0 Å². The molecule has 0 saturated carbocycles. The molecule has 0 aliphatic carbocycles. The average molecular weight is 384 g/mol. The lowest BCUT2D eigenvalue weighted by Gasteiger charge is -2.32. The molecule has 142 valence electrons. The van der Waals surface area contributed by atoms with Crippen LogP contribution in [0, 0.1) is 6.92 Å². The van der Waals surface area contributed by atoms with E-state index < -0.39 is 10.0 Å². The zero-order valence-electron chi connectivity index (χ0n) is 15.8. The fourth-order valence-electron chi connectivity index (χ4n) is 3.75. The molecule has 0 atom stereocenters. The van der Waals surface area contributed by atoms with Gasteiger partial charge in [0.25, 0.3) is 10.0 Å². The van der Waals surface area contributed by atoms with E-state index in [0.717, 1.165) is 49.2 Å². The summed E-state index contributed by atoms with van der Waals surface area (Å²) in [6.07, 6.45) is 1.68. The number of hydrogen-bond donors (Lipinski definition) is 0. The maximum Gasteiger partial charge on any atom is 0.268 e. The third-order valence-electron chi connectivity index (χ3n) is 5.41. The second kappa shape index (κ2) is 7.11. The van der Waals surface area contributed by atoms with Gasteiger partial charge in [-0.05, 0) is 43.3 Å². The number of likely N-dealkylation sites (N-methyl/N-ethyl adjacent to an activating group) is 1. The van der Waals surface area contributed by atoms with Gasteiger partial charge in [0, 0.05) is 44.3 Å². The molecule has 5 nitrogen and oxygen atoms in total. The Morgan fingerprint density at radius 1 is 0.926 bits per heavy atom. The molecule has 0 radical (unpaired) electrons. The minimum Gasteiger partial charge on any atom is -0.304 e. The molecule has 1 aliphatic heterocycles. The Morgan fingerprint density at radius 3 is 2.41 bits per heavy atom. The molecule has 0 N–H and O–H groups in total. The van der Waals surface area contributed by atoms with Crippen molar-refractivity contribution >= 4 is 20.9 Å². The predicted molar refractivity (Wildman–Crippen MR) is 108 cm³/mol. The highest BCUT2D eigenvalue weighted by molar-refractivity contribution is 7.90. The zero-order chi connectivity index (χ0) is 19.0. The molecule has 0 bridgehead atoms. The van der Waals surface area contributed by atoms with Gasteiger partial charge < -0.3 is 4.90 Å². The van der Waals surface area contributed by atoms with Crippen LogP contribution in [0.25, 0.3) is 10.9 Å². The molecule has 1 fully saturated rings. The Morgan fingerprint density at radius 2 is 1.67 bits per heavy atom. The van der Waals surface area contributed by atoms with E-state index in [0.29, 0.717) is 4.90 Å². The van der Waals surface area contributed by atoms with E-state index in [-0.39, 0.29) is 0 Å². The maximum atomic E-state index is 13.2. The lowest BCUT2D eigenvalue weighted by Crippen LogP contribution is -2.43. The van der Waals surface area contributed by atoms with Crippen molar-refractivity contribution in [3.63, 3.8) is 0 Å². The van der Waals surface area contributed by atoms with Crippen LogP contribution in [0.3, 0.4) is 0 Å². The van der Waals surface area contributed by atoms with E-state index >= 15 is 0 Å². The van der Waals surface area contributed by atoms with Crippen LogP contribution >= 0.6 is 0 Å². The lowest BCUT2D eigenvalue weighted by molar-refractivity contribution is 0.148. The van der Waals surface area contributed by atoms with E-state index in [2.05, 4.69) is 22.9 Å². The molecule has 2 aromatic carbocycles. The number of hydrogen-bond acceptors (Lipinski definition) is 4. The van der Waals surface area contributed by atoms with Crippen molar-refractivity contribution in [2.75, 3.05) is 33.2 Å². The van der Waals surface area contributed by atoms with Gasteiger partial charge in [-0.3, -0.25) is 4.90 Å². The van der Waals surface area contributed by atoms with Gasteiger partial charge in [-0.1, -0.05) is 30.3 Å². The first-order valence-electron chi connectivity index (χ1n) is 9.28. The van der Waals surface area contributed by atoms with Crippen LogP contribution in [0.4, 0.5) is 0 Å². The summed E-state index contributed by atoms with van der Waals surface area (Å²) < 4.78 is 27.8. The van der Waals surface area contributed by atoms with Crippen LogP contribution in [0.15, 0.2) is 59.6 Å². The molecule has 0 unspecified atom stereocenters. The highest BCUT2D eigenvalue weighted by Gasteiger charge is 2.22. The number of piperazine rings is 1. The van der Waals surface area contributed by atoms with Gasteiger partial charge >= 0.3 is 0 Å². The van der Waals surface area contributed by atoms with Crippen LogP contribution < -0.4 is 0 Å². The number of rotatable bonds is 4. The Kier molecular flexibility index (Phi) is 4.80. The van der Waals surface area contributed by atoms with Gasteiger partial charge in [0.2, 0.25) is 0 Å². The third-order valence-corrected chi connectivity index (χ3v) is 7.26. The van der Waals surface area contributed by atoms with Crippen molar-refractivity contribution in [2.45, 2.75) is 18.4 Å². The van der Waals surface area contributed by atoms with Crippen molar-refractivity contribution in [1.29, 1.82) is 0 Å². The number of aromatic nitrogens is 1. The van der Waals surface area contributed by atoms with Crippen molar-refractivity contribution < 1.29 is 8.42 Å². The standard InChI is InChI=1S/C21H25N3O2S/c1-17-6-3-4-9-21(17)27(25,26)24-11-10-19-18(7-5-8-20(19)24)16-23-14-12-22(2)13-15-23/h3-11H,12-16H2,1-2H3. The van der Waals surface area contributed by atoms with E-state index in [1.54, 1.807) is 18.3 Å². The first-order valence-corrected chi connectivity index (χ1v) is 10.7. The minimum absolute atomic E-state index is 0.354. The molecule has 0 spiro atoms. The Labute approximate surface area is 160 Å². The molecule has 3 aromatic rings. The summed E-state index contributed by atoms with van der Waals surface area (Å²) in [6, 6.07) is 15.0. The SMILES string of the molecule is Cc1ccccc1S(=O)(=O)n1ccc2c(CN3CCN(C)CC3)cccc21. The summed E-state index contributed by atoms with van der Waals surface area (Å²) in [5.41, 5.74) is 2.67. The number of aryl methyl sites for hydroxylation is 1. The number of nitrogens with zero attached hydrogens (tertiary/aromatic N) is 3. The van der Waals surface area contributed by atoms with Crippen LogP contribution in [0.1, 0.15) is 11.1 Å². The van der Waals surface area contributed by atoms with E-state index in [9.17, 15) is 8.42 Å². The van der Waals surface area contributed by atoms with E-state index in [1.807, 2.05) is 37.3 Å². The van der Waals surface area contributed by atoms with Crippen molar-refractivity contribution in [3.05, 3.63) is 65.9 Å². The largest absolute Gasteiger partial charge is 0.304 e. The minimum atomic E-state index is -3.61. The van der Waals surface area contributed by atoms with Crippen LogP contribution in [-0.2, 0) is 16.6 Å². The summed E-state index contributed by atoms with van der Waals surface area (Å²) in [6.45, 7) is 6.89. The molecule has 1 aliphatic rings. The maximum absolute atomic E-state index is 13.2. The van der Waals surface area contributed by atoms with Gasteiger partial charge in [0.1, 0.15) is 0 Å². The normalized spacial score (nSPS) is 16.8. The number of fused-ring (bicyclic) bond motifs is 1. The van der Waals surface area contributed by atoms with Gasteiger partial charge in [-0.15, -0.1) is 0 Å². The molecular formula is C21H25N3O2S. The summed E-state index contributed by atoms with van der Waals surface area (Å²) >= 11 is 0. The Hall–Kier alpha value is -2.15. The Balaban J connectivity index is 1.72. The smallest absolute Gasteiger partial charge is 0.268 e. The highest BCUT2D eigenvalue weighted by atomic mass is 32.2. The second-order valence-electron chi connectivity index (χ2n) is 7.31. The van der Waals surface area contributed by atoms with Crippen LogP contribution in [-0.4, -0.2) is 55.4 Å². The fourth-order valence-corrected chi connectivity index (χ4v) is 5.33. The molecule has 0 amide bonds. The first-order chi connectivity index (χ1) is 13.0.